The van der Waals surface area contributed by atoms with E-state index in [2.05, 4.69) is 15.5 Å². The van der Waals surface area contributed by atoms with Crippen molar-refractivity contribution in [2.24, 2.45) is 18.7 Å². The van der Waals surface area contributed by atoms with Gasteiger partial charge in [0, 0.05) is 24.3 Å². The Morgan fingerprint density at radius 3 is 2.67 bits per heavy atom. The van der Waals surface area contributed by atoms with Gasteiger partial charge in [0.1, 0.15) is 6.33 Å². The van der Waals surface area contributed by atoms with E-state index in [0.717, 1.165) is 36.3 Å². The standard InChI is InChI=1S/C15H19N5O/c1-20-9-17-19-14(20)10-5-7-11(8-6-10)18-15(21)12-3-2-4-13(12)16/h5-9,12-13H,2-4,16H2,1H3,(H,18,21). The first kappa shape index (κ1) is 13.8. The van der Waals surface area contributed by atoms with Crippen LogP contribution in [0.2, 0.25) is 0 Å². The number of carbonyl (C=O) groups is 1. The molecule has 1 saturated carbocycles. The molecule has 21 heavy (non-hydrogen) atoms. The molecule has 0 saturated heterocycles. The Labute approximate surface area is 123 Å². The van der Waals surface area contributed by atoms with Gasteiger partial charge >= 0.3 is 0 Å². The number of hydrogen-bond acceptors (Lipinski definition) is 4. The average molecular weight is 285 g/mol. The number of aryl methyl sites for hydroxylation is 1. The Kier molecular flexibility index (Phi) is 3.70. The fourth-order valence-electron chi connectivity index (χ4n) is 2.80. The number of nitrogens with two attached hydrogens (primary N) is 1. The third-order valence-corrected chi connectivity index (χ3v) is 4.03. The molecule has 1 heterocycles. The average Bonchev–Trinajstić information content (AvgIpc) is 3.08. The maximum absolute atomic E-state index is 12.2. The number of amides is 1. The van der Waals surface area contributed by atoms with Gasteiger partial charge in [-0.1, -0.05) is 6.42 Å². The molecule has 110 valence electrons. The van der Waals surface area contributed by atoms with Gasteiger partial charge in [0.2, 0.25) is 5.91 Å². The summed E-state index contributed by atoms with van der Waals surface area (Å²) in [6, 6.07) is 7.59. The van der Waals surface area contributed by atoms with Gasteiger partial charge < -0.3 is 15.6 Å². The molecule has 1 aromatic carbocycles. The summed E-state index contributed by atoms with van der Waals surface area (Å²) in [6.45, 7) is 0. The molecule has 2 atom stereocenters. The molecule has 3 N–H and O–H groups in total. The van der Waals surface area contributed by atoms with Crippen LogP contribution in [-0.4, -0.2) is 26.7 Å². The molecule has 6 heteroatoms. The van der Waals surface area contributed by atoms with Crippen LogP contribution in [0.1, 0.15) is 19.3 Å². The lowest BCUT2D eigenvalue weighted by Gasteiger charge is -2.15. The number of carbonyl (C=O) groups excluding carboxylic acids is 1. The quantitative estimate of drug-likeness (QED) is 0.896. The summed E-state index contributed by atoms with van der Waals surface area (Å²) in [7, 11) is 1.90. The summed E-state index contributed by atoms with van der Waals surface area (Å²) in [4.78, 5) is 12.2. The third kappa shape index (κ3) is 2.80. The van der Waals surface area contributed by atoms with Gasteiger partial charge in [-0.25, -0.2) is 0 Å². The fraction of sp³-hybridized carbons (Fsp3) is 0.400. The Morgan fingerprint density at radius 2 is 2.10 bits per heavy atom. The van der Waals surface area contributed by atoms with Crippen LogP contribution < -0.4 is 11.1 Å². The van der Waals surface area contributed by atoms with Crippen LogP contribution in [0.3, 0.4) is 0 Å². The van der Waals surface area contributed by atoms with Crippen molar-refractivity contribution in [1.29, 1.82) is 0 Å². The van der Waals surface area contributed by atoms with E-state index in [-0.39, 0.29) is 17.9 Å². The van der Waals surface area contributed by atoms with E-state index >= 15 is 0 Å². The molecular formula is C15H19N5O. The van der Waals surface area contributed by atoms with E-state index in [0.29, 0.717) is 0 Å². The van der Waals surface area contributed by atoms with Crippen LogP contribution in [0.15, 0.2) is 30.6 Å². The summed E-state index contributed by atoms with van der Waals surface area (Å²) in [5, 5.41) is 10.9. The van der Waals surface area contributed by atoms with Crippen molar-refractivity contribution >= 4 is 11.6 Å². The maximum atomic E-state index is 12.2. The molecule has 0 bridgehead atoms. The first-order valence-corrected chi connectivity index (χ1v) is 7.16. The topological polar surface area (TPSA) is 85.8 Å². The van der Waals surface area contributed by atoms with Crippen molar-refractivity contribution in [2.45, 2.75) is 25.3 Å². The highest BCUT2D eigenvalue weighted by atomic mass is 16.1. The molecule has 0 aliphatic heterocycles. The molecule has 1 aliphatic carbocycles. The second-order valence-corrected chi connectivity index (χ2v) is 5.53. The maximum Gasteiger partial charge on any atom is 0.229 e. The van der Waals surface area contributed by atoms with Crippen molar-refractivity contribution in [3.8, 4) is 11.4 Å². The van der Waals surface area contributed by atoms with E-state index in [9.17, 15) is 4.79 Å². The molecule has 2 aromatic rings. The Hall–Kier alpha value is -2.21. The van der Waals surface area contributed by atoms with Crippen LogP contribution in [0.25, 0.3) is 11.4 Å². The Bertz CT molecular complexity index is 634. The minimum Gasteiger partial charge on any atom is -0.327 e. The number of rotatable bonds is 3. The molecule has 1 aliphatic rings. The first-order chi connectivity index (χ1) is 10.1. The van der Waals surface area contributed by atoms with Gasteiger partial charge in [-0.3, -0.25) is 4.79 Å². The van der Waals surface area contributed by atoms with Gasteiger partial charge in [0.25, 0.3) is 0 Å². The SMILES string of the molecule is Cn1cnnc1-c1ccc(NC(=O)C2CCCC2N)cc1. The number of anilines is 1. The molecular weight excluding hydrogens is 266 g/mol. The number of hydrogen-bond donors (Lipinski definition) is 2. The lowest BCUT2D eigenvalue weighted by molar-refractivity contribution is -0.120. The lowest BCUT2D eigenvalue weighted by Crippen LogP contribution is -2.34. The fourth-order valence-corrected chi connectivity index (χ4v) is 2.80. The lowest BCUT2D eigenvalue weighted by atomic mass is 10.0. The second kappa shape index (κ2) is 5.65. The number of benzene rings is 1. The number of nitrogens with zero attached hydrogens (tertiary/aromatic N) is 3. The van der Waals surface area contributed by atoms with Gasteiger partial charge in [0.15, 0.2) is 5.82 Å². The minimum atomic E-state index is -0.0663. The monoisotopic (exact) mass is 285 g/mol. The van der Waals surface area contributed by atoms with Gasteiger partial charge in [-0.15, -0.1) is 10.2 Å². The van der Waals surface area contributed by atoms with Gasteiger partial charge in [-0.05, 0) is 37.1 Å². The van der Waals surface area contributed by atoms with Crippen LogP contribution in [0.4, 0.5) is 5.69 Å². The second-order valence-electron chi connectivity index (χ2n) is 5.53. The zero-order valence-electron chi connectivity index (χ0n) is 12.0. The van der Waals surface area contributed by atoms with Crippen LogP contribution in [0.5, 0.6) is 0 Å². The molecule has 6 nitrogen and oxygen atoms in total. The van der Waals surface area contributed by atoms with E-state index in [1.807, 2.05) is 35.9 Å². The van der Waals surface area contributed by atoms with Crippen LogP contribution in [-0.2, 0) is 11.8 Å². The molecule has 0 spiro atoms. The summed E-state index contributed by atoms with van der Waals surface area (Å²) in [5.41, 5.74) is 7.71. The van der Waals surface area contributed by atoms with Crippen molar-refractivity contribution < 1.29 is 4.79 Å². The molecule has 1 amide bonds. The predicted molar refractivity (Wildman–Crippen MR) is 80.4 cm³/mol. The Balaban J connectivity index is 1.70. The highest BCUT2D eigenvalue weighted by Crippen LogP contribution is 2.26. The smallest absolute Gasteiger partial charge is 0.229 e. The molecule has 2 unspecified atom stereocenters. The van der Waals surface area contributed by atoms with Crippen molar-refractivity contribution in [1.82, 2.24) is 14.8 Å². The minimum absolute atomic E-state index is 0.0112. The summed E-state index contributed by atoms with van der Waals surface area (Å²) < 4.78 is 1.85. The van der Waals surface area contributed by atoms with Crippen molar-refractivity contribution in [2.75, 3.05) is 5.32 Å². The highest BCUT2D eigenvalue weighted by Gasteiger charge is 2.30. The molecule has 1 aromatic heterocycles. The van der Waals surface area contributed by atoms with Crippen molar-refractivity contribution in [3.63, 3.8) is 0 Å². The summed E-state index contributed by atoms with van der Waals surface area (Å²) in [6.07, 6.45) is 4.50. The van der Waals surface area contributed by atoms with E-state index < -0.39 is 0 Å². The zero-order valence-corrected chi connectivity index (χ0v) is 12.0. The Morgan fingerprint density at radius 1 is 1.33 bits per heavy atom. The number of nitrogens with one attached hydrogen (secondary N) is 1. The highest BCUT2D eigenvalue weighted by molar-refractivity contribution is 5.93. The summed E-state index contributed by atoms with van der Waals surface area (Å²) in [5.74, 6) is 0.750. The van der Waals surface area contributed by atoms with Crippen LogP contribution in [0, 0.1) is 5.92 Å². The molecule has 1 fully saturated rings. The zero-order chi connectivity index (χ0) is 14.8. The van der Waals surface area contributed by atoms with Gasteiger partial charge in [-0.2, -0.15) is 0 Å². The molecule has 3 rings (SSSR count). The van der Waals surface area contributed by atoms with E-state index in [1.54, 1.807) is 6.33 Å². The third-order valence-electron chi connectivity index (χ3n) is 4.03. The first-order valence-electron chi connectivity index (χ1n) is 7.16. The van der Waals surface area contributed by atoms with Crippen LogP contribution >= 0.6 is 0 Å². The molecule has 0 radical (unpaired) electrons. The normalized spacial score (nSPS) is 21.4. The predicted octanol–water partition coefficient (Wildman–Crippen LogP) is 1.55. The largest absolute Gasteiger partial charge is 0.327 e. The van der Waals surface area contributed by atoms with E-state index in [1.165, 1.54) is 0 Å². The van der Waals surface area contributed by atoms with E-state index in [4.69, 9.17) is 5.73 Å². The summed E-state index contributed by atoms with van der Waals surface area (Å²) >= 11 is 0. The number of aromatic nitrogens is 3. The van der Waals surface area contributed by atoms with Crippen molar-refractivity contribution in [3.05, 3.63) is 30.6 Å². The van der Waals surface area contributed by atoms with Gasteiger partial charge in [0.05, 0.1) is 5.92 Å².